The highest BCUT2D eigenvalue weighted by Crippen LogP contribution is 2.28. The van der Waals surface area contributed by atoms with Gasteiger partial charge in [0.05, 0.1) is 0 Å². The Morgan fingerprint density at radius 1 is 0.682 bits per heavy atom. The first kappa shape index (κ1) is 15.8. The van der Waals surface area contributed by atoms with E-state index >= 15 is 0 Å². The van der Waals surface area contributed by atoms with Crippen molar-refractivity contribution < 1.29 is 20.4 Å². The van der Waals surface area contributed by atoms with Crippen LogP contribution in [0.2, 0.25) is 0 Å². The van der Waals surface area contributed by atoms with Gasteiger partial charge < -0.3 is 20.4 Å². The van der Waals surface area contributed by atoms with Crippen molar-refractivity contribution in [2.75, 3.05) is 0 Å². The lowest BCUT2D eigenvalue weighted by Gasteiger charge is -2.11. The van der Waals surface area contributed by atoms with Crippen LogP contribution in [0.1, 0.15) is 25.0 Å². The van der Waals surface area contributed by atoms with Gasteiger partial charge in [0.2, 0.25) is 0 Å². The van der Waals surface area contributed by atoms with E-state index in [1.54, 1.807) is 24.3 Å². The van der Waals surface area contributed by atoms with Crippen LogP contribution in [0.3, 0.4) is 0 Å². The highest BCUT2D eigenvalue weighted by Gasteiger charge is 2.08. The fourth-order valence-electron chi connectivity index (χ4n) is 2.28. The minimum Gasteiger partial charge on any atom is -0.508 e. The molecule has 0 radical (unpaired) electrons. The third kappa shape index (κ3) is 3.73. The summed E-state index contributed by atoms with van der Waals surface area (Å²) in [7, 11) is 0. The van der Waals surface area contributed by atoms with Crippen molar-refractivity contribution in [1.82, 2.24) is 0 Å². The van der Waals surface area contributed by atoms with Gasteiger partial charge in [-0.05, 0) is 49.9 Å². The van der Waals surface area contributed by atoms with Gasteiger partial charge >= 0.3 is 0 Å². The maximum absolute atomic E-state index is 9.84. The quantitative estimate of drug-likeness (QED) is 0.650. The Morgan fingerprint density at radius 3 is 1.36 bits per heavy atom. The van der Waals surface area contributed by atoms with Crippen LogP contribution in [-0.2, 0) is 12.8 Å². The van der Waals surface area contributed by atoms with Crippen LogP contribution in [0.5, 0.6) is 23.0 Å². The smallest absolute Gasteiger partial charge is 0.122 e. The van der Waals surface area contributed by atoms with Gasteiger partial charge in [0.15, 0.2) is 0 Å². The molecule has 116 valence electrons. The molecule has 0 fully saturated rings. The van der Waals surface area contributed by atoms with Crippen molar-refractivity contribution in [3.8, 4) is 23.0 Å². The van der Waals surface area contributed by atoms with Crippen LogP contribution in [0.15, 0.2) is 47.5 Å². The van der Waals surface area contributed by atoms with Crippen LogP contribution in [0, 0.1) is 0 Å². The summed E-state index contributed by atoms with van der Waals surface area (Å²) in [5, 5.41) is 38.3. The molecule has 2 rings (SSSR count). The molecular formula is C18H20O4. The average Bonchev–Trinajstić information content (AvgIpc) is 2.44. The number of hydrogen-bond acceptors (Lipinski definition) is 4. The largest absolute Gasteiger partial charge is 0.508 e. The summed E-state index contributed by atoms with van der Waals surface area (Å²) in [6.07, 6.45) is 1.13. The summed E-state index contributed by atoms with van der Waals surface area (Å²) < 4.78 is 0. The lowest BCUT2D eigenvalue weighted by molar-refractivity contribution is 0.445. The second kappa shape index (κ2) is 6.43. The van der Waals surface area contributed by atoms with Crippen molar-refractivity contribution in [3.05, 3.63) is 58.7 Å². The molecule has 0 atom stereocenters. The van der Waals surface area contributed by atoms with Crippen LogP contribution >= 0.6 is 0 Å². The summed E-state index contributed by atoms with van der Waals surface area (Å²) in [5.74, 6) is 0.210. The molecule has 0 amide bonds. The van der Waals surface area contributed by atoms with Crippen molar-refractivity contribution >= 4 is 0 Å². The molecule has 0 saturated heterocycles. The number of phenolic OH excluding ortho intramolecular Hbond substituents is 4. The summed E-state index contributed by atoms with van der Waals surface area (Å²) in [4.78, 5) is 0. The minimum absolute atomic E-state index is 0.0358. The molecule has 2 aromatic carbocycles. The molecule has 0 bridgehead atoms. The second-order valence-electron chi connectivity index (χ2n) is 5.54. The molecular weight excluding hydrogens is 280 g/mol. The Hall–Kier alpha value is -2.62. The molecule has 0 saturated carbocycles. The zero-order valence-corrected chi connectivity index (χ0v) is 12.7. The van der Waals surface area contributed by atoms with Gasteiger partial charge in [-0.2, -0.15) is 0 Å². The first-order chi connectivity index (χ1) is 10.4. The Bertz CT molecular complexity index is 656. The van der Waals surface area contributed by atoms with Gasteiger partial charge in [-0.3, -0.25) is 0 Å². The number of aromatic hydroxyl groups is 4. The summed E-state index contributed by atoms with van der Waals surface area (Å²) in [5.41, 5.74) is 3.64. The summed E-state index contributed by atoms with van der Waals surface area (Å²) in [6, 6.07) is 9.12. The van der Waals surface area contributed by atoms with Gasteiger partial charge in [0, 0.05) is 12.1 Å². The molecule has 0 aliphatic heterocycles. The van der Waals surface area contributed by atoms with E-state index in [-0.39, 0.29) is 23.0 Å². The van der Waals surface area contributed by atoms with Crippen molar-refractivity contribution in [1.29, 1.82) is 0 Å². The first-order valence-electron chi connectivity index (χ1n) is 7.03. The van der Waals surface area contributed by atoms with Gasteiger partial charge in [0.25, 0.3) is 0 Å². The third-order valence-corrected chi connectivity index (χ3v) is 3.78. The Morgan fingerprint density at radius 2 is 1.05 bits per heavy atom. The van der Waals surface area contributed by atoms with Crippen LogP contribution in [0.4, 0.5) is 0 Å². The molecule has 4 heteroatoms. The fraction of sp³-hybridized carbons (Fsp3) is 0.222. The molecule has 0 aliphatic rings. The molecule has 0 aliphatic carbocycles. The molecule has 4 N–H and O–H groups in total. The monoisotopic (exact) mass is 300 g/mol. The number of benzene rings is 2. The maximum atomic E-state index is 9.84. The Kier molecular flexibility index (Phi) is 4.61. The highest BCUT2D eigenvalue weighted by atomic mass is 16.3. The standard InChI is InChI=1S/C18H20O4/c1-11(7-13-3-5-15(19)9-17(13)21)12(2)8-14-4-6-16(20)10-18(14)22/h3-6,9-10,19-22H,7-8H2,1-2H3/b12-11+. The number of rotatable bonds is 4. The first-order valence-corrected chi connectivity index (χ1v) is 7.03. The van der Waals surface area contributed by atoms with E-state index in [9.17, 15) is 20.4 Å². The molecule has 0 heterocycles. The molecule has 2 aromatic rings. The number of allylic oxidation sites excluding steroid dienone is 2. The normalized spacial score (nSPS) is 12.1. The van der Waals surface area contributed by atoms with Gasteiger partial charge in [-0.15, -0.1) is 0 Å². The van der Waals surface area contributed by atoms with E-state index in [1.807, 2.05) is 13.8 Å². The highest BCUT2D eigenvalue weighted by molar-refractivity contribution is 5.43. The van der Waals surface area contributed by atoms with E-state index in [1.165, 1.54) is 12.1 Å². The summed E-state index contributed by atoms with van der Waals surface area (Å²) in [6.45, 7) is 3.94. The van der Waals surface area contributed by atoms with Gasteiger partial charge in [0.1, 0.15) is 23.0 Å². The SMILES string of the molecule is C/C(Cc1ccc(O)cc1O)=C(/C)Cc1ccc(O)cc1O. The second-order valence-corrected chi connectivity index (χ2v) is 5.54. The van der Waals surface area contributed by atoms with Crippen LogP contribution in [-0.4, -0.2) is 20.4 Å². The van der Waals surface area contributed by atoms with E-state index in [0.717, 1.165) is 22.3 Å². The lowest BCUT2D eigenvalue weighted by atomic mass is 9.96. The zero-order valence-electron chi connectivity index (χ0n) is 12.7. The average molecular weight is 300 g/mol. The predicted octanol–water partition coefficient (Wildman–Crippen LogP) is 3.63. The third-order valence-electron chi connectivity index (χ3n) is 3.78. The molecule has 0 aromatic heterocycles. The fourth-order valence-corrected chi connectivity index (χ4v) is 2.28. The maximum Gasteiger partial charge on any atom is 0.122 e. The van der Waals surface area contributed by atoms with Crippen molar-refractivity contribution in [2.24, 2.45) is 0 Å². The number of phenols is 4. The van der Waals surface area contributed by atoms with Crippen molar-refractivity contribution in [2.45, 2.75) is 26.7 Å². The topological polar surface area (TPSA) is 80.9 Å². The van der Waals surface area contributed by atoms with E-state index < -0.39 is 0 Å². The Balaban J connectivity index is 2.18. The van der Waals surface area contributed by atoms with Crippen LogP contribution in [0.25, 0.3) is 0 Å². The van der Waals surface area contributed by atoms with Gasteiger partial charge in [-0.25, -0.2) is 0 Å². The molecule has 4 nitrogen and oxygen atoms in total. The molecule has 22 heavy (non-hydrogen) atoms. The minimum atomic E-state index is 0.0358. The molecule has 0 spiro atoms. The van der Waals surface area contributed by atoms with E-state index in [0.29, 0.717) is 12.8 Å². The number of hydrogen-bond donors (Lipinski definition) is 4. The van der Waals surface area contributed by atoms with Crippen molar-refractivity contribution in [3.63, 3.8) is 0 Å². The van der Waals surface area contributed by atoms with E-state index in [2.05, 4.69) is 0 Å². The van der Waals surface area contributed by atoms with Gasteiger partial charge in [-0.1, -0.05) is 23.3 Å². The van der Waals surface area contributed by atoms with Crippen LogP contribution < -0.4 is 0 Å². The summed E-state index contributed by atoms with van der Waals surface area (Å²) >= 11 is 0. The lowest BCUT2D eigenvalue weighted by Crippen LogP contribution is -1.95. The Labute approximate surface area is 129 Å². The predicted molar refractivity (Wildman–Crippen MR) is 85.3 cm³/mol. The van der Waals surface area contributed by atoms with E-state index in [4.69, 9.17) is 0 Å². The molecule has 0 unspecified atom stereocenters. The zero-order chi connectivity index (χ0) is 16.3.